The van der Waals surface area contributed by atoms with Gasteiger partial charge in [0.05, 0.1) is 12.1 Å². The third-order valence-corrected chi connectivity index (χ3v) is 3.83. The minimum absolute atomic E-state index is 0.0720. The van der Waals surface area contributed by atoms with Gasteiger partial charge in [0.25, 0.3) is 0 Å². The van der Waals surface area contributed by atoms with Crippen LogP contribution in [-0.4, -0.2) is 40.9 Å². The number of ether oxygens (including phenoxy) is 1. The molecule has 0 aliphatic heterocycles. The molecule has 1 N–H and O–H groups in total. The Balaban J connectivity index is 2.20. The highest BCUT2D eigenvalue weighted by atomic mass is 16.6. The van der Waals surface area contributed by atoms with Crippen molar-refractivity contribution < 1.29 is 14.6 Å². The van der Waals surface area contributed by atoms with Gasteiger partial charge in [-0.25, -0.2) is 4.79 Å². The number of amides is 1. The van der Waals surface area contributed by atoms with Crippen LogP contribution in [0, 0.1) is 0 Å². The SMILES string of the molecule is CN(C(=O)OC(C)(C)C)C1(CO)Cc2ccccc2C1. The second kappa shape index (κ2) is 5.09. The Bertz CT molecular complexity index is 480. The smallest absolute Gasteiger partial charge is 0.410 e. The summed E-state index contributed by atoms with van der Waals surface area (Å²) in [7, 11) is 1.70. The predicted molar refractivity (Wildman–Crippen MR) is 77.7 cm³/mol. The van der Waals surface area contributed by atoms with E-state index in [1.807, 2.05) is 32.9 Å². The van der Waals surface area contributed by atoms with Crippen molar-refractivity contribution in [2.75, 3.05) is 13.7 Å². The number of hydrogen-bond acceptors (Lipinski definition) is 3. The van der Waals surface area contributed by atoms with E-state index in [0.29, 0.717) is 12.8 Å². The van der Waals surface area contributed by atoms with Gasteiger partial charge in [-0.15, -0.1) is 0 Å². The molecule has 0 spiro atoms. The van der Waals surface area contributed by atoms with E-state index < -0.39 is 11.1 Å². The van der Waals surface area contributed by atoms with Crippen molar-refractivity contribution in [1.82, 2.24) is 4.90 Å². The molecule has 1 aromatic carbocycles. The molecule has 20 heavy (non-hydrogen) atoms. The molecule has 0 radical (unpaired) electrons. The lowest BCUT2D eigenvalue weighted by Crippen LogP contribution is -2.54. The number of carbonyl (C=O) groups is 1. The molecule has 4 nitrogen and oxygen atoms in total. The number of likely N-dealkylation sites (N-methyl/N-ethyl adjacent to an activating group) is 1. The molecule has 2 rings (SSSR count). The lowest BCUT2D eigenvalue weighted by Gasteiger charge is -2.38. The molecule has 0 bridgehead atoms. The summed E-state index contributed by atoms with van der Waals surface area (Å²) in [5, 5.41) is 9.86. The zero-order valence-corrected chi connectivity index (χ0v) is 12.6. The average molecular weight is 277 g/mol. The topological polar surface area (TPSA) is 49.8 Å². The molecule has 1 aromatic rings. The van der Waals surface area contributed by atoms with Crippen LogP contribution in [0.25, 0.3) is 0 Å². The molecule has 0 atom stereocenters. The average Bonchev–Trinajstić information content (AvgIpc) is 2.75. The number of aliphatic hydroxyl groups is 1. The van der Waals surface area contributed by atoms with Gasteiger partial charge in [-0.3, -0.25) is 0 Å². The van der Waals surface area contributed by atoms with Crippen LogP contribution in [0.3, 0.4) is 0 Å². The molecule has 110 valence electrons. The quantitative estimate of drug-likeness (QED) is 0.903. The van der Waals surface area contributed by atoms with Crippen molar-refractivity contribution in [3.63, 3.8) is 0 Å². The molecule has 4 heteroatoms. The Kier molecular flexibility index (Phi) is 3.78. The molecular weight excluding hydrogens is 254 g/mol. The minimum atomic E-state index is -0.591. The van der Waals surface area contributed by atoms with Crippen molar-refractivity contribution in [3.05, 3.63) is 35.4 Å². The molecule has 0 unspecified atom stereocenters. The largest absolute Gasteiger partial charge is 0.444 e. The Hall–Kier alpha value is -1.55. The summed E-state index contributed by atoms with van der Waals surface area (Å²) in [5.41, 5.74) is 1.26. The molecule has 0 fully saturated rings. The van der Waals surface area contributed by atoms with E-state index in [2.05, 4.69) is 12.1 Å². The third kappa shape index (κ3) is 2.80. The van der Waals surface area contributed by atoms with Gasteiger partial charge < -0.3 is 14.7 Å². The van der Waals surface area contributed by atoms with E-state index in [1.54, 1.807) is 11.9 Å². The second-order valence-corrected chi connectivity index (χ2v) is 6.54. The Labute approximate surface area is 120 Å². The van der Waals surface area contributed by atoms with E-state index in [9.17, 15) is 9.90 Å². The lowest BCUT2D eigenvalue weighted by atomic mass is 9.95. The number of fused-ring (bicyclic) bond motifs is 1. The van der Waals surface area contributed by atoms with E-state index >= 15 is 0 Å². The van der Waals surface area contributed by atoms with Crippen LogP contribution in [0.5, 0.6) is 0 Å². The van der Waals surface area contributed by atoms with Gasteiger partial charge in [0, 0.05) is 7.05 Å². The van der Waals surface area contributed by atoms with Crippen LogP contribution in [0.15, 0.2) is 24.3 Å². The van der Waals surface area contributed by atoms with Gasteiger partial charge in [0.1, 0.15) is 5.60 Å². The first-order valence-corrected chi connectivity index (χ1v) is 6.92. The number of hydrogen-bond donors (Lipinski definition) is 1. The highest BCUT2D eigenvalue weighted by Gasteiger charge is 2.43. The maximum Gasteiger partial charge on any atom is 0.410 e. The zero-order valence-electron chi connectivity index (χ0n) is 12.6. The predicted octanol–water partition coefficient (Wildman–Crippen LogP) is 2.38. The Morgan fingerprint density at radius 2 is 1.80 bits per heavy atom. The monoisotopic (exact) mass is 277 g/mol. The van der Waals surface area contributed by atoms with Crippen molar-refractivity contribution in [2.24, 2.45) is 0 Å². The van der Waals surface area contributed by atoms with Crippen molar-refractivity contribution in [3.8, 4) is 0 Å². The van der Waals surface area contributed by atoms with Gasteiger partial charge in [-0.1, -0.05) is 24.3 Å². The molecule has 0 saturated carbocycles. The molecule has 1 amide bonds. The van der Waals surface area contributed by atoms with Crippen molar-refractivity contribution in [1.29, 1.82) is 0 Å². The van der Waals surface area contributed by atoms with Crippen molar-refractivity contribution in [2.45, 2.75) is 44.8 Å². The van der Waals surface area contributed by atoms with E-state index in [4.69, 9.17) is 4.74 Å². The fourth-order valence-electron chi connectivity index (χ4n) is 2.65. The van der Waals surface area contributed by atoms with Crippen LogP contribution in [0.2, 0.25) is 0 Å². The highest BCUT2D eigenvalue weighted by molar-refractivity contribution is 5.69. The Morgan fingerprint density at radius 1 is 1.30 bits per heavy atom. The number of aliphatic hydroxyl groups excluding tert-OH is 1. The van der Waals surface area contributed by atoms with Gasteiger partial charge in [0.15, 0.2) is 0 Å². The zero-order chi connectivity index (χ0) is 15.0. The number of benzene rings is 1. The van der Waals surface area contributed by atoms with E-state index in [0.717, 1.165) is 0 Å². The third-order valence-electron chi connectivity index (χ3n) is 3.83. The Morgan fingerprint density at radius 3 is 2.20 bits per heavy atom. The fraction of sp³-hybridized carbons (Fsp3) is 0.562. The summed E-state index contributed by atoms with van der Waals surface area (Å²) in [6.45, 7) is 5.45. The minimum Gasteiger partial charge on any atom is -0.444 e. The first-order valence-electron chi connectivity index (χ1n) is 6.92. The van der Waals surface area contributed by atoms with Crippen LogP contribution in [0.4, 0.5) is 4.79 Å². The fourth-order valence-corrected chi connectivity index (χ4v) is 2.65. The number of carbonyl (C=O) groups excluding carboxylic acids is 1. The summed E-state index contributed by atoms with van der Waals surface area (Å²) in [6.07, 6.45) is 0.935. The highest BCUT2D eigenvalue weighted by Crippen LogP contribution is 2.34. The van der Waals surface area contributed by atoms with Gasteiger partial charge in [0.2, 0.25) is 0 Å². The first kappa shape index (κ1) is 14.9. The molecule has 1 aliphatic rings. The normalized spacial score (nSPS) is 16.6. The van der Waals surface area contributed by atoms with Crippen LogP contribution in [0.1, 0.15) is 31.9 Å². The van der Waals surface area contributed by atoms with Crippen LogP contribution < -0.4 is 0 Å². The van der Waals surface area contributed by atoms with Gasteiger partial charge in [-0.2, -0.15) is 0 Å². The summed E-state index contributed by atoms with van der Waals surface area (Å²) in [4.78, 5) is 13.8. The second-order valence-electron chi connectivity index (χ2n) is 6.54. The summed E-state index contributed by atoms with van der Waals surface area (Å²) >= 11 is 0. The van der Waals surface area contributed by atoms with E-state index in [1.165, 1.54) is 11.1 Å². The summed E-state index contributed by atoms with van der Waals surface area (Å²) in [6, 6.07) is 8.07. The first-order chi connectivity index (χ1) is 9.27. The molecule has 0 saturated heterocycles. The molecule has 1 aliphatic carbocycles. The molecular formula is C16H23NO3. The van der Waals surface area contributed by atoms with Gasteiger partial charge >= 0.3 is 6.09 Å². The number of nitrogens with zero attached hydrogens (tertiary/aromatic N) is 1. The van der Waals surface area contributed by atoms with Gasteiger partial charge in [-0.05, 0) is 44.7 Å². The molecule has 0 heterocycles. The lowest BCUT2D eigenvalue weighted by molar-refractivity contribution is -0.00684. The molecule has 0 aromatic heterocycles. The van der Waals surface area contributed by atoms with E-state index in [-0.39, 0.29) is 12.7 Å². The summed E-state index contributed by atoms with van der Waals surface area (Å²) in [5.74, 6) is 0. The number of rotatable bonds is 2. The van der Waals surface area contributed by atoms with Crippen LogP contribution in [-0.2, 0) is 17.6 Å². The standard InChI is InChI=1S/C16H23NO3/c1-15(2,3)20-14(19)17(4)16(11-18)9-12-7-5-6-8-13(12)10-16/h5-8,18H,9-11H2,1-4H3. The summed E-state index contributed by atoms with van der Waals surface area (Å²) < 4.78 is 5.41. The maximum absolute atomic E-state index is 12.3. The van der Waals surface area contributed by atoms with Crippen molar-refractivity contribution >= 4 is 6.09 Å². The maximum atomic E-state index is 12.3. The van der Waals surface area contributed by atoms with Crippen LogP contribution >= 0.6 is 0 Å².